The number of hydrogen-bond acceptors (Lipinski definition) is 5. The highest BCUT2D eigenvalue weighted by atomic mass is 16.8. The fourth-order valence-electron chi connectivity index (χ4n) is 3.71. The smallest absolute Gasteiger partial charge is 0.176 e. The van der Waals surface area contributed by atoms with Crippen LogP contribution in [0.5, 0.6) is 0 Å². The largest absolute Gasteiger partial charge is 0.394 e. The van der Waals surface area contributed by atoms with Crippen LogP contribution in [0.3, 0.4) is 0 Å². The second-order valence-corrected chi connectivity index (χ2v) is 6.93. The lowest BCUT2D eigenvalue weighted by Crippen LogP contribution is -2.53. The Kier molecular flexibility index (Phi) is 5.66. The molecular formula is C22H25NO4. The van der Waals surface area contributed by atoms with Crippen molar-refractivity contribution in [2.75, 3.05) is 13.2 Å². The number of rotatable bonds is 7. The number of hydroxylamine groups is 2. The summed E-state index contributed by atoms with van der Waals surface area (Å²) in [7, 11) is 0. The normalized spacial score (nSPS) is 28.8. The molecule has 2 bridgehead atoms. The molecule has 5 nitrogen and oxygen atoms in total. The Bertz CT molecular complexity index is 738. The van der Waals surface area contributed by atoms with Gasteiger partial charge in [0.25, 0.3) is 0 Å². The summed E-state index contributed by atoms with van der Waals surface area (Å²) in [6, 6.07) is 20.1. The Labute approximate surface area is 159 Å². The van der Waals surface area contributed by atoms with Gasteiger partial charge in [0.15, 0.2) is 6.29 Å². The van der Waals surface area contributed by atoms with Crippen molar-refractivity contribution in [2.45, 2.75) is 37.1 Å². The van der Waals surface area contributed by atoms with E-state index in [0.717, 1.165) is 12.0 Å². The summed E-state index contributed by atoms with van der Waals surface area (Å²) in [5, 5.41) is 11.6. The lowest BCUT2D eigenvalue weighted by atomic mass is 10.0. The Morgan fingerprint density at radius 2 is 1.81 bits per heavy atom. The van der Waals surface area contributed by atoms with Crippen LogP contribution < -0.4 is 0 Å². The maximum atomic E-state index is 9.60. The van der Waals surface area contributed by atoms with Gasteiger partial charge in [-0.2, -0.15) is 5.06 Å². The van der Waals surface area contributed by atoms with Crippen LogP contribution in [0.25, 0.3) is 0 Å². The molecule has 1 N–H and O–H groups in total. The molecule has 2 saturated heterocycles. The summed E-state index contributed by atoms with van der Waals surface area (Å²) in [5.41, 5.74) is 2.23. The van der Waals surface area contributed by atoms with Gasteiger partial charge in [0.05, 0.1) is 19.2 Å². The summed E-state index contributed by atoms with van der Waals surface area (Å²) in [6.45, 7) is 4.42. The first-order valence-corrected chi connectivity index (χ1v) is 9.35. The van der Waals surface area contributed by atoms with Crippen LogP contribution in [0, 0.1) is 0 Å². The van der Waals surface area contributed by atoms with E-state index in [4.69, 9.17) is 14.3 Å². The maximum Gasteiger partial charge on any atom is 0.176 e. The number of aliphatic hydroxyl groups is 1. The van der Waals surface area contributed by atoms with E-state index in [1.807, 2.05) is 53.6 Å². The number of hydrogen-bond donors (Lipinski definition) is 1. The molecule has 2 aromatic carbocycles. The van der Waals surface area contributed by atoms with Gasteiger partial charge in [-0.3, -0.25) is 4.84 Å². The molecule has 2 heterocycles. The summed E-state index contributed by atoms with van der Waals surface area (Å²) >= 11 is 0. The van der Waals surface area contributed by atoms with Crippen LogP contribution in [0.15, 0.2) is 73.3 Å². The van der Waals surface area contributed by atoms with E-state index in [0.29, 0.717) is 6.54 Å². The average Bonchev–Trinajstić information content (AvgIpc) is 3.07. The van der Waals surface area contributed by atoms with Gasteiger partial charge in [-0.25, -0.2) is 0 Å². The zero-order chi connectivity index (χ0) is 18.6. The van der Waals surface area contributed by atoms with Gasteiger partial charge in [-0.1, -0.05) is 66.7 Å². The summed E-state index contributed by atoms with van der Waals surface area (Å²) < 4.78 is 12.0. The molecular weight excluding hydrogens is 342 g/mol. The van der Waals surface area contributed by atoms with Crippen molar-refractivity contribution in [1.82, 2.24) is 5.06 Å². The van der Waals surface area contributed by atoms with Crippen LogP contribution in [0.4, 0.5) is 0 Å². The van der Waals surface area contributed by atoms with E-state index in [2.05, 4.69) is 18.7 Å². The quantitative estimate of drug-likeness (QED) is 0.763. The first-order chi connectivity index (χ1) is 13.3. The molecule has 2 aliphatic heterocycles. The van der Waals surface area contributed by atoms with Gasteiger partial charge in [-0.05, 0) is 17.5 Å². The van der Waals surface area contributed by atoms with Crippen molar-refractivity contribution in [2.24, 2.45) is 0 Å². The molecule has 0 spiro atoms. The van der Waals surface area contributed by atoms with Crippen molar-refractivity contribution >= 4 is 0 Å². The number of benzene rings is 2. The fraction of sp³-hybridized carbons (Fsp3) is 0.364. The second-order valence-electron chi connectivity index (χ2n) is 6.93. The number of ether oxygens (including phenoxy) is 2. The predicted molar refractivity (Wildman–Crippen MR) is 102 cm³/mol. The minimum Gasteiger partial charge on any atom is -0.394 e. The molecule has 0 saturated carbocycles. The van der Waals surface area contributed by atoms with Crippen molar-refractivity contribution in [3.05, 3.63) is 84.4 Å². The Morgan fingerprint density at radius 1 is 1.11 bits per heavy atom. The minimum absolute atomic E-state index is 0.0589. The second kappa shape index (κ2) is 8.33. The van der Waals surface area contributed by atoms with E-state index < -0.39 is 6.29 Å². The third-order valence-corrected chi connectivity index (χ3v) is 5.14. The zero-order valence-corrected chi connectivity index (χ0v) is 15.2. The summed E-state index contributed by atoms with van der Waals surface area (Å²) in [4.78, 5) is 6.36. The molecule has 2 aromatic rings. The van der Waals surface area contributed by atoms with Gasteiger partial charge in [0, 0.05) is 0 Å². The molecule has 0 aromatic heterocycles. The molecule has 0 aliphatic carbocycles. The standard InChI is InChI=1S/C22H25NO4/c1-2-19(17-11-7-4-8-12-17)27-23-14-20-21(15-24)26-22(25-20)18(23)13-16-9-5-3-6-10-16/h2-12,18-22,24H,1,13-15H2/t18-,19-,20+,21+,22+/m1/s1. The van der Waals surface area contributed by atoms with Crippen LogP contribution in [0.1, 0.15) is 17.2 Å². The number of nitrogens with zero attached hydrogens (tertiary/aromatic N) is 1. The van der Waals surface area contributed by atoms with Gasteiger partial charge in [0.2, 0.25) is 0 Å². The highest BCUT2D eigenvalue weighted by Gasteiger charge is 2.48. The van der Waals surface area contributed by atoms with Crippen LogP contribution in [-0.2, 0) is 20.7 Å². The summed E-state index contributed by atoms with van der Waals surface area (Å²) in [5.74, 6) is 0. The zero-order valence-electron chi connectivity index (χ0n) is 15.2. The monoisotopic (exact) mass is 367 g/mol. The highest BCUT2D eigenvalue weighted by Crippen LogP contribution is 2.34. The molecule has 2 fully saturated rings. The van der Waals surface area contributed by atoms with Gasteiger partial charge in [-0.15, -0.1) is 6.58 Å². The van der Waals surface area contributed by atoms with Crippen LogP contribution in [0.2, 0.25) is 0 Å². The van der Waals surface area contributed by atoms with E-state index in [9.17, 15) is 5.11 Å². The third-order valence-electron chi connectivity index (χ3n) is 5.14. The number of aliphatic hydroxyl groups excluding tert-OH is 1. The Morgan fingerprint density at radius 3 is 2.48 bits per heavy atom. The molecule has 0 radical (unpaired) electrons. The molecule has 5 atom stereocenters. The molecule has 2 aliphatic rings. The molecule has 5 heteroatoms. The van der Waals surface area contributed by atoms with Gasteiger partial charge in [0.1, 0.15) is 18.3 Å². The molecule has 27 heavy (non-hydrogen) atoms. The molecule has 4 rings (SSSR count). The van der Waals surface area contributed by atoms with Crippen molar-refractivity contribution < 1.29 is 19.4 Å². The predicted octanol–water partition coefficient (Wildman–Crippen LogP) is 2.87. The average molecular weight is 367 g/mol. The summed E-state index contributed by atoms with van der Waals surface area (Å²) in [6.07, 6.45) is 1.33. The first kappa shape index (κ1) is 18.3. The van der Waals surface area contributed by atoms with E-state index in [-0.39, 0.29) is 31.0 Å². The van der Waals surface area contributed by atoms with Crippen LogP contribution >= 0.6 is 0 Å². The van der Waals surface area contributed by atoms with E-state index in [1.165, 1.54) is 5.56 Å². The number of fused-ring (bicyclic) bond motifs is 2. The van der Waals surface area contributed by atoms with Crippen LogP contribution in [-0.4, -0.2) is 47.9 Å². The third kappa shape index (κ3) is 3.98. The molecule has 0 unspecified atom stereocenters. The van der Waals surface area contributed by atoms with Crippen molar-refractivity contribution in [1.29, 1.82) is 0 Å². The highest BCUT2D eigenvalue weighted by molar-refractivity contribution is 5.21. The van der Waals surface area contributed by atoms with E-state index in [1.54, 1.807) is 6.08 Å². The lowest BCUT2D eigenvalue weighted by Gasteiger charge is -2.39. The molecule has 0 amide bonds. The van der Waals surface area contributed by atoms with E-state index >= 15 is 0 Å². The lowest BCUT2D eigenvalue weighted by molar-refractivity contribution is -0.283. The topological polar surface area (TPSA) is 51.2 Å². The first-order valence-electron chi connectivity index (χ1n) is 9.35. The van der Waals surface area contributed by atoms with Gasteiger partial charge < -0.3 is 14.6 Å². The Hall–Kier alpha value is -2.02. The maximum absolute atomic E-state index is 9.60. The Balaban J connectivity index is 1.56. The number of morpholine rings is 1. The SMILES string of the molecule is C=C[C@@H](ON1C[C@@H]2O[C@@H](O[C@H]2CO)[C@H]1Cc1ccccc1)c1ccccc1. The fourth-order valence-corrected chi connectivity index (χ4v) is 3.71. The van der Waals surface area contributed by atoms with Gasteiger partial charge >= 0.3 is 0 Å². The molecule has 142 valence electrons. The van der Waals surface area contributed by atoms with Crippen molar-refractivity contribution in [3.63, 3.8) is 0 Å². The minimum atomic E-state index is -0.428. The van der Waals surface area contributed by atoms with Crippen molar-refractivity contribution in [3.8, 4) is 0 Å².